The second kappa shape index (κ2) is 5.98. The molecule has 8 nitrogen and oxygen atoms in total. The van der Waals surface area contributed by atoms with Gasteiger partial charge in [-0.2, -0.15) is 9.97 Å². The fourth-order valence-corrected chi connectivity index (χ4v) is 1.88. The minimum atomic E-state index is -0.0232. The number of hydrogen-bond acceptors (Lipinski definition) is 8. The van der Waals surface area contributed by atoms with Crippen molar-refractivity contribution in [1.29, 1.82) is 0 Å². The highest BCUT2D eigenvalue weighted by Crippen LogP contribution is 2.21. The van der Waals surface area contributed by atoms with Crippen LogP contribution in [0.25, 0.3) is 0 Å². The number of anilines is 1. The Bertz CT molecular complexity index is 409. The van der Waals surface area contributed by atoms with Gasteiger partial charge in [0.15, 0.2) is 0 Å². The molecule has 19 heavy (non-hydrogen) atoms. The summed E-state index contributed by atoms with van der Waals surface area (Å²) in [6, 6.07) is 0.606. The predicted octanol–water partition coefficient (Wildman–Crippen LogP) is -0.559. The summed E-state index contributed by atoms with van der Waals surface area (Å²) >= 11 is 0. The number of hydrogen-bond donors (Lipinski definition) is 1. The summed E-state index contributed by atoms with van der Waals surface area (Å²) in [5, 5.41) is 0. The Morgan fingerprint density at radius 2 is 1.89 bits per heavy atom. The van der Waals surface area contributed by atoms with E-state index in [1.165, 1.54) is 14.2 Å². The second-order valence-electron chi connectivity index (χ2n) is 4.30. The van der Waals surface area contributed by atoms with Crippen molar-refractivity contribution in [3.8, 4) is 12.0 Å². The smallest absolute Gasteiger partial charge is 0.324 e. The van der Waals surface area contributed by atoms with E-state index in [4.69, 9.17) is 19.9 Å². The van der Waals surface area contributed by atoms with Crippen molar-refractivity contribution in [3.05, 3.63) is 0 Å². The third kappa shape index (κ3) is 3.02. The summed E-state index contributed by atoms with van der Waals surface area (Å²) in [5.74, 6) is 0.512. The zero-order chi connectivity index (χ0) is 13.8. The lowest BCUT2D eigenvalue weighted by atomic mass is 10.2. The van der Waals surface area contributed by atoms with E-state index in [0.717, 1.165) is 0 Å². The molecule has 2 atom stereocenters. The maximum Gasteiger partial charge on any atom is 0.324 e. The number of nitrogens with two attached hydrogens (primary N) is 1. The number of methoxy groups -OCH3 is 2. The monoisotopic (exact) mass is 269 g/mol. The Morgan fingerprint density at radius 3 is 2.42 bits per heavy atom. The highest BCUT2D eigenvalue weighted by molar-refractivity contribution is 5.34. The van der Waals surface area contributed by atoms with Gasteiger partial charge in [-0.3, -0.25) is 0 Å². The number of nitrogens with zero attached hydrogens (tertiary/aromatic N) is 4. The molecule has 0 spiro atoms. The highest BCUT2D eigenvalue weighted by Gasteiger charge is 2.28. The van der Waals surface area contributed by atoms with Crippen LogP contribution in [0.15, 0.2) is 0 Å². The van der Waals surface area contributed by atoms with Crippen LogP contribution in [0.4, 0.5) is 5.95 Å². The van der Waals surface area contributed by atoms with E-state index in [-0.39, 0.29) is 24.2 Å². The fraction of sp³-hybridized carbons (Fsp3) is 0.727. The third-order valence-corrected chi connectivity index (χ3v) is 2.97. The SMILES string of the molecule is COc1nc(OC)nc(N2CC(CN)OCC2C)n1. The van der Waals surface area contributed by atoms with Gasteiger partial charge in [-0.25, -0.2) is 0 Å². The first-order chi connectivity index (χ1) is 9.17. The molecule has 1 fully saturated rings. The van der Waals surface area contributed by atoms with Crippen molar-refractivity contribution < 1.29 is 14.2 Å². The molecule has 1 aliphatic heterocycles. The van der Waals surface area contributed by atoms with Gasteiger partial charge in [-0.15, -0.1) is 4.98 Å². The van der Waals surface area contributed by atoms with E-state index >= 15 is 0 Å². The van der Waals surface area contributed by atoms with Crippen molar-refractivity contribution in [2.24, 2.45) is 5.73 Å². The van der Waals surface area contributed by atoms with Crippen LogP contribution in [-0.4, -0.2) is 61.0 Å². The minimum absolute atomic E-state index is 0.0232. The first kappa shape index (κ1) is 13.8. The van der Waals surface area contributed by atoms with Gasteiger partial charge in [0.05, 0.1) is 33.0 Å². The molecule has 0 saturated carbocycles. The van der Waals surface area contributed by atoms with Crippen LogP contribution >= 0.6 is 0 Å². The maximum absolute atomic E-state index is 5.65. The molecular formula is C11H19N5O3. The van der Waals surface area contributed by atoms with Gasteiger partial charge in [-0.1, -0.05) is 0 Å². The summed E-state index contributed by atoms with van der Waals surface area (Å²) in [4.78, 5) is 14.5. The van der Waals surface area contributed by atoms with Crippen molar-refractivity contribution >= 4 is 5.95 Å². The van der Waals surface area contributed by atoms with E-state index in [0.29, 0.717) is 25.6 Å². The van der Waals surface area contributed by atoms with Crippen LogP contribution < -0.4 is 20.1 Å². The van der Waals surface area contributed by atoms with E-state index in [9.17, 15) is 0 Å². The molecule has 1 aromatic rings. The van der Waals surface area contributed by atoms with Gasteiger partial charge in [-0.05, 0) is 6.92 Å². The summed E-state index contributed by atoms with van der Waals surface area (Å²) in [5.41, 5.74) is 5.65. The van der Waals surface area contributed by atoms with Crippen molar-refractivity contribution in [1.82, 2.24) is 15.0 Å². The fourth-order valence-electron chi connectivity index (χ4n) is 1.88. The number of morpholine rings is 1. The first-order valence-corrected chi connectivity index (χ1v) is 6.10. The predicted molar refractivity (Wildman–Crippen MR) is 68.5 cm³/mol. The molecule has 1 aromatic heterocycles. The quantitative estimate of drug-likeness (QED) is 0.777. The van der Waals surface area contributed by atoms with E-state index in [1.54, 1.807) is 0 Å². The van der Waals surface area contributed by atoms with Crippen LogP contribution in [0.2, 0.25) is 0 Å². The number of rotatable bonds is 4. The summed E-state index contributed by atoms with van der Waals surface area (Å²) in [6.07, 6.45) is -0.0232. The van der Waals surface area contributed by atoms with Crippen LogP contribution in [0.1, 0.15) is 6.92 Å². The normalized spacial score (nSPS) is 23.3. The van der Waals surface area contributed by atoms with Crippen LogP contribution in [0.3, 0.4) is 0 Å². The molecule has 0 radical (unpaired) electrons. The van der Waals surface area contributed by atoms with E-state index in [1.807, 2.05) is 11.8 Å². The molecule has 1 saturated heterocycles. The van der Waals surface area contributed by atoms with Gasteiger partial charge in [0.2, 0.25) is 5.95 Å². The number of ether oxygens (including phenoxy) is 3. The Kier molecular flexibility index (Phi) is 4.33. The van der Waals surface area contributed by atoms with Crippen molar-refractivity contribution in [2.75, 3.05) is 38.8 Å². The average molecular weight is 269 g/mol. The number of aromatic nitrogens is 3. The Hall–Kier alpha value is -1.67. The lowest BCUT2D eigenvalue weighted by Crippen LogP contribution is -2.51. The summed E-state index contributed by atoms with van der Waals surface area (Å²) in [7, 11) is 3.01. The molecule has 1 aliphatic rings. The van der Waals surface area contributed by atoms with Gasteiger partial charge >= 0.3 is 12.0 Å². The topological polar surface area (TPSA) is 95.6 Å². The minimum Gasteiger partial charge on any atom is -0.467 e. The molecule has 0 aliphatic carbocycles. The van der Waals surface area contributed by atoms with Gasteiger partial charge in [0, 0.05) is 13.1 Å². The van der Waals surface area contributed by atoms with Gasteiger partial charge in [0.1, 0.15) is 0 Å². The van der Waals surface area contributed by atoms with Gasteiger partial charge in [0.25, 0.3) is 0 Å². The van der Waals surface area contributed by atoms with Crippen LogP contribution in [0.5, 0.6) is 12.0 Å². The average Bonchev–Trinajstić information content (AvgIpc) is 2.47. The Balaban J connectivity index is 2.27. The van der Waals surface area contributed by atoms with Crippen molar-refractivity contribution in [3.63, 3.8) is 0 Å². The highest BCUT2D eigenvalue weighted by atomic mass is 16.5. The maximum atomic E-state index is 5.65. The summed E-state index contributed by atoms with van der Waals surface area (Å²) < 4.78 is 15.7. The molecule has 2 N–H and O–H groups in total. The van der Waals surface area contributed by atoms with Gasteiger partial charge < -0.3 is 24.8 Å². The lowest BCUT2D eigenvalue weighted by Gasteiger charge is -2.37. The van der Waals surface area contributed by atoms with E-state index < -0.39 is 0 Å². The molecule has 2 rings (SSSR count). The lowest BCUT2D eigenvalue weighted by molar-refractivity contribution is 0.0275. The Labute approximate surface area is 111 Å². The molecule has 0 amide bonds. The van der Waals surface area contributed by atoms with Crippen LogP contribution in [0, 0.1) is 0 Å². The molecule has 0 aromatic carbocycles. The Morgan fingerprint density at radius 1 is 1.26 bits per heavy atom. The third-order valence-electron chi connectivity index (χ3n) is 2.97. The molecule has 0 bridgehead atoms. The zero-order valence-electron chi connectivity index (χ0n) is 11.4. The zero-order valence-corrected chi connectivity index (χ0v) is 11.4. The standard InChI is InChI=1S/C11H19N5O3/c1-7-6-19-8(4-12)5-16(7)9-13-10(17-2)15-11(14-9)18-3/h7-8H,4-6,12H2,1-3H3. The van der Waals surface area contributed by atoms with E-state index in [2.05, 4.69) is 15.0 Å². The first-order valence-electron chi connectivity index (χ1n) is 6.10. The molecule has 2 heterocycles. The molecule has 106 valence electrons. The summed E-state index contributed by atoms with van der Waals surface area (Å²) in [6.45, 7) is 3.71. The van der Waals surface area contributed by atoms with Crippen molar-refractivity contribution in [2.45, 2.75) is 19.1 Å². The molecular weight excluding hydrogens is 250 g/mol. The molecule has 8 heteroatoms. The molecule has 2 unspecified atom stereocenters. The van der Waals surface area contributed by atoms with Crippen LogP contribution in [-0.2, 0) is 4.74 Å². The largest absolute Gasteiger partial charge is 0.467 e. The second-order valence-corrected chi connectivity index (χ2v) is 4.30.